The number of nitrogens with zero attached hydrogens (tertiary/aromatic N) is 4. The van der Waals surface area contributed by atoms with Gasteiger partial charge in [0, 0.05) is 30.9 Å². The van der Waals surface area contributed by atoms with Gasteiger partial charge in [-0.1, -0.05) is 6.07 Å². The van der Waals surface area contributed by atoms with Crippen molar-refractivity contribution in [1.29, 1.82) is 0 Å². The van der Waals surface area contributed by atoms with E-state index in [4.69, 9.17) is 9.47 Å². The summed E-state index contributed by atoms with van der Waals surface area (Å²) >= 11 is 0. The lowest BCUT2D eigenvalue weighted by Crippen LogP contribution is -2.53. The summed E-state index contributed by atoms with van der Waals surface area (Å²) in [7, 11) is 1.57. The molecule has 3 aromatic rings. The summed E-state index contributed by atoms with van der Waals surface area (Å²) in [5.74, 6) is 0.181. The van der Waals surface area contributed by atoms with Crippen molar-refractivity contribution < 1.29 is 23.0 Å². The third-order valence-corrected chi connectivity index (χ3v) is 5.29. The monoisotopic (exact) mass is 456 g/mol. The molecule has 0 saturated carbocycles. The molecule has 1 fully saturated rings. The van der Waals surface area contributed by atoms with Crippen LogP contribution in [0.15, 0.2) is 53.5 Å². The van der Waals surface area contributed by atoms with Gasteiger partial charge in [0.05, 0.1) is 18.8 Å². The highest BCUT2D eigenvalue weighted by Crippen LogP contribution is 2.30. The summed E-state index contributed by atoms with van der Waals surface area (Å²) in [6.07, 6.45) is -1.27. The van der Waals surface area contributed by atoms with E-state index in [2.05, 4.69) is 10.1 Å². The summed E-state index contributed by atoms with van der Waals surface area (Å²) in [5, 5.41) is 4.50. The van der Waals surface area contributed by atoms with Crippen molar-refractivity contribution in [2.24, 2.45) is 0 Å². The van der Waals surface area contributed by atoms with Gasteiger partial charge in [-0.05, 0) is 42.8 Å². The number of benzene rings is 1. The summed E-state index contributed by atoms with van der Waals surface area (Å²) in [6.45, 7) is 1.57. The smallest absolute Gasteiger partial charge is 0.276 e. The van der Waals surface area contributed by atoms with Crippen LogP contribution in [0.1, 0.15) is 22.1 Å². The molecule has 172 valence electrons. The van der Waals surface area contributed by atoms with Crippen LogP contribution in [0.5, 0.6) is 11.5 Å². The molecule has 1 amide bonds. The normalized spacial score (nSPS) is 13.7. The van der Waals surface area contributed by atoms with E-state index in [1.54, 1.807) is 13.2 Å². The van der Waals surface area contributed by atoms with Gasteiger partial charge < -0.3 is 14.4 Å². The molecule has 0 radical (unpaired) electrons. The molecule has 1 aliphatic heterocycles. The van der Waals surface area contributed by atoms with Gasteiger partial charge in [0.2, 0.25) is 0 Å². The van der Waals surface area contributed by atoms with Crippen molar-refractivity contribution in [3.63, 3.8) is 0 Å². The van der Waals surface area contributed by atoms with Crippen LogP contribution in [0, 0.1) is 6.92 Å². The fourth-order valence-corrected chi connectivity index (χ4v) is 3.59. The van der Waals surface area contributed by atoms with Crippen LogP contribution in [-0.4, -0.2) is 58.8 Å². The molecule has 0 bridgehead atoms. The van der Waals surface area contributed by atoms with E-state index in [1.165, 1.54) is 34.0 Å². The van der Waals surface area contributed by atoms with E-state index in [1.807, 2.05) is 25.1 Å². The number of halogens is 2. The first-order valence-electron chi connectivity index (χ1n) is 10.3. The molecule has 10 heteroatoms. The Morgan fingerprint density at radius 1 is 1.18 bits per heavy atom. The van der Waals surface area contributed by atoms with Gasteiger partial charge in [-0.2, -0.15) is 5.10 Å². The first-order chi connectivity index (χ1) is 15.9. The van der Waals surface area contributed by atoms with E-state index < -0.39 is 18.9 Å². The van der Waals surface area contributed by atoms with Gasteiger partial charge in [-0.3, -0.25) is 9.59 Å². The van der Waals surface area contributed by atoms with Crippen LogP contribution >= 0.6 is 0 Å². The van der Waals surface area contributed by atoms with Gasteiger partial charge in [0.25, 0.3) is 17.9 Å². The Hall–Kier alpha value is -3.82. The van der Waals surface area contributed by atoms with Crippen LogP contribution in [-0.2, 0) is 0 Å². The maximum absolute atomic E-state index is 12.8. The number of likely N-dealkylation sites (tertiary alicyclic amines) is 1. The second-order valence-electron chi connectivity index (χ2n) is 7.62. The molecule has 0 N–H and O–H groups in total. The number of hydrogen-bond donors (Lipinski definition) is 0. The Balaban J connectivity index is 1.52. The molecule has 33 heavy (non-hydrogen) atoms. The van der Waals surface area contributed by atoms with Crippen molar-refractivity contribution >= 4 is 5.91 Å². The van der Waals surface area contributed by atoms with Crippen LogP contribution in [0.2, 0.25) is 0 Å². The average molecular weight is 456 g/mol. The van der Waals surface area contributed by atoms with Crippen LogP contribution in [0.4, 0.5) is 8.78 Å². The van der Waals surface area contributed by atoms with Gasteiger partial charge in [0.1, 0.15) is 12.4 Å². The molecule has 2 aromatic heterocycles. The predicted molar refractivity (Wildman–Crippen MR) is 116 cm³/mol. The van der Waals surface area contributed by atoms with Gasteiger partial charge >= 0.3 is 0 Å². The molecule has 4 rings (SSSR count). The zero-order chi connectivity index (χ0) is 23.5. The van der Waals surface area contributed by atoms with Gasteiger partial charge in [-0.15, -0.1) is 0 Å². The Morgan fingerprint density at radius 2 is 1.97 bits per heavy atom. The quantitative estimate of drug-likeness (QED) is 0.543. The molecule has 0 spiro atoms. The lowest BCUT2D eigenvalue weighted by atomic mass is 10.1. The predicted octanol–water partition coefficient (Wildman–Crippen LogP) is 2.96. The summed E-state index contributed by atoms with van der Waals surface area (Å²) in [4.78, 5) is 30.8. The van der Waals surface area contributed by atoms with E-state index in [-0.39, 0.29) is 36.1 Å². The van der Waals surface area contributed by atoms with Crippen LogP contribution < -0.4 is 15.0 Å². The van der Waals surface area contributed by atoms with Crippen LogP contribution in [0.25, 0.3) is 11.3 Å². The van der Waals surface area contributed by atoms with E-state index in [0.717, 1.165) is 11.1 Å². The zero-order valence-electron chi connectivity index (χ0n) is 18.1. The minimum Gasteiger partial charge on any atom is -0.496 e. The second-order valence-corrected chi connectivity index (χ2v) is 7.62. The maximum Gasteiger partial charge on any atom is 0.276 e. The highest BCUT2D eigenvalue weighted by Gasteiger charge is 2.35. The Bertz CT molecular complexity index is 1230. The number of aromatic nitrogens is 3. The van der Waals surface area contributed by atoms with E-state index in [0.29, 0.717) is 11.4 Å². The van der Waals surface area contributed by atoms with Crippen LogP contribution in [0.3, 0.4) is 0 Å². The minimum atomic E-state index is -2.67. The van der Waals surface area contributed by atoms with E-state index >= 15 is 0 Å². The fraction of sp³-hybridized carbons (Fsp3) is 0.304. The first-order valence-corrected chi connectivity index (χ1v) is 10.3. The highest BCUT2D eigenvalue weighted by atomic mass is 19.3. The highest BCUT2D eigenvalue weighted by molar-refractivity contribution is 5.95. The Labute approximate surface area is 188 Å². The number of rotatable bonds is 7. The maximum atomic E-state index is 12.8. The number of aryl methyl sites for hydroxylation is 1. The van der Waals surface area contributed by atoms with Crippen molar-refractivity contribution in [1.82, 2.24) is 19.7 Å². The standard InChI is InChI=1S/C23H22F2N4O4/c1-14-5-6-16(19(10-14)32-2)17-7-8-21(30)29(27-17)15-11-28(12-15)23(31)22-18(4-3-9-26-22)33-13-20(24)25/h3-10,15,20H,11-13H2,1-2H3. The molecule has 0 aliphatic carbocycles. The third kappa shape index (κ3) is 4.69. The number of ether oxygens (including phenoxy) is 2. The molecule has 1 aliphatic rings. The lowest BCUT2D eigenvalue weighted by Gasteiger charge is -2.39. The number of methoxy groups -OCH3 is 1. The summed E-state index contributed by atoms with van der Waals surface area (Å²) in [6, 6.07) is 11.4. The molecule has 8 nitrogen and oxygen atoms in total. The fourth-order valence-electron chi connectivity index (χ4n) is 3.59. The topological polar surface area (TPSA) is 86.6 Å². The molecule has 3 heterocycles. The molecular weight excluding hydrogens is 434 g/mol. The van der Waals surface area contributed by atoms with E-state index in [9.17, 15) is 18.4 Å². The molecule has 0 unspecified atom stereocenters. The number of hydrogen-bond acceptors (Lipinski definition) is 6. The Morgan fingerprint density at radius 3 is 2.70 bits per heavy atom. The number of alkyl halides is 2. The Kier molecular flexibility index (Phi) is 6.34. The van der Waals surface area contributed by atoms with Gasteiger partial charge in [0.15, 0.2) is 11.4 Å². The molecule has 0 atom stereocenters. The number of pyridine rings is 1. The second kappa shape index (κ2) is 9.35. The molecule has 1 saturated heterocycles. The van der Waals surface area contributed by atoms with Crippen molar-refractivity contribution in [3.05, 3.63) is 70.3 Å². The lowest BCUT2D eigenvalue weighted by molar-refractivity contribution is 0.0472. The molecule has 1 aromatic carbocycles. The summed E-state index contributed by atoms with van der Waals surface area (Å²) < 4.78 is 36.8. The third-order valence-electron chi connectivity index (χ3n) is 5.29. The number of carbonyl (C=O) groups excluding carboxylic acids is 1. The number of amides is 1. The first kappa shape index (κ1) is 22.4. The summed E-state index contributed by atoms with van der Waals surface area (Å²) in [5.41, 5.74) is 2.02. The zero-order valence-corrected chi connectivity index (χ0v) is 18.1. The van der Waals surface area contributed by atoms with Crippen molar-refractivity contribution in [2.75, 3.05) is 26.8 Å². The SMILES string of the molecule is COc1cc(C)ccc1-c1ccc(=O)n(C2CN(C(=O)c3ncccc3OCC(F)F)C2)n1. The minimum absolute atomic E-state index is 0.00462. The van der Waals surface area contributed by atoms with Gasteiger partial charge in [-0.25, -0.2) is 18.4 Å². The molecular formula is C23H22F2N4O4. The number of carbonyl (C=O) groups is 1. The van der Waals surface area contributed by atoms with Crippen molar-refractivity contribution in [3.8, 4) is 22.8 Å². The van der Waals surface area contributed by atoms with Crippen molar-refractivity contribution in [2.45, 2.75) is 19.4 Å². The largest absolute Gasteiger partial charge is 0.496 e. The average Bonchev–Trinajstić information content (AvgIpc) is 2.78.